The molecule has 0 saturated heterocycles. The average Bonchev–Trinajstić information content (AvgIpc) is 2.62. The van der Waals surface area contributed by atoms with Crippen molar-refractivity contribution in [3.05, 3.63) is 77.7 Å². The molecule has 123 valence electrons. The molecule has 0 aliphatic rings. The summed E-state index contributed by atoms with van der Waals surface area (Å²) >= 11 is 3.48. The molecule has 2 nitrogen and oxygen atoms in total. The number of hydrogen-bond donors (Lipinski definition) is 0. The maximum Gasteiger partial charge on any atom is 0.222 e. The first-order chi connectivity index (χ1) is 11.3. The minimum Gasteiger partial charge on any atom is -0.346 e. The zero-order valence-corrected chi connectivity index (χ0v) is 15.4. The normalized spacial score (nSPS) is 11.6. The highest BCUT2D eigenvalue weighted by molar-refractivity contribution is 9.09. The molecule has 0 bridgehead atoms. The third kappa shape index (κ3) is 4.23. The van der Waals surface area contributed by atoms with Crippen molar-refractivity contribution < 1.29 is 9.47 Å². The lowest BCUT2D eigenvalue weighted by Gasteiger charge is -2.33. The first-order valence-corrected chi connectivity index (χ1v) is 9.05. The van der Waals surface area contributed by atoms with Crippen LogP contribution in [0.4, 0.5) is 0 Å². The van der Waals surface area contributed by atoms with Crippen LogP contribution in [-0.4, -0.2) is 19.5 Å². The largest absolute Gasteiger partial charge is 0.346 e. The quantitative estimate of drug-likeness (QED) is 0.336. The van der Waals surface area contributed by atoms with Crippen LogP contribution in [0, 0.1) is 6.42 Å². The molecule has 0 heterocycles. The third-order valence-electron chi connectivity index (χ3n) is 4.00. The van der Waals surface area contributed by atoms with E-state index in [9.17, 15) is 0 Å². The van der Waals surface area contributed by atoms with E-state index in [1.54, 1.807) is 14.2 Å². The SMILES string of the molecule is COC(OC)(c1ccccc1)c1ccccc1[CH]CCCCBr. The van der Waals surface area contributed by atoms with Gasteiger partial charge in [0.1, 0.15) is 0 Å². The van der Waals surface area contributed by atoms with E-state index in [1.807, 2.05) is 36.4 Å². The van der Waals surface area contributed by atoms with Crippen molar-refractivity contribution in [1.29, 1.82) is 0 Å². The van der Waals surface area contributed by atoms with Crippen LogP contribution < -0.4 is 0 Å². The Bertz CT molecular complexity index is 579. The van der Waals surface area contributed by atoms with Crippen LogP contribution in [0.5, 0.6) is 0 Å². The van der Waals surface area contributed by atoms with Crippen LogP contribution >= 0.6 is 15.9 Å². The maximum atomic E-state index is 5.88. The van der Waals surface area contributed by atoms with E-state index in [2.05, 4.69) is 40.5 Å². The Balaban J connectivity index is 2.36. The molecule has 0 aromatic heterocycles. The van der Waals surface area contributed by atoms with Crippen molar-refractivity contribution >= 4 is 15.9 Å². The number of ether oxygens (including phenoxy) is 2. The van der Waals surface area contributed by atoms with E-state index in [1.165, 1.54) is 6.42 Å². The predicted molar refractivity (Wildman–Crippen MR) is 98.7 cm³/mol. The van der Waals surface area contributed by atoms with Crippen LogP contribution in [-0.2, 0) is 15.3 Å². The Kier molecular flexibility index (Phi) is 7.28. The molecule has 0 atom stereocenters. The highest BCUT2D eigenvalue weighted by Gasteiger charge is 2.36. The molecular formula is C20H24BrO2. The summed E-state index contributed by atoms with van der Waals surface area (Å²) in [6.45, 7) is 0. The predicted octanol–water partition coefficient (Wildman–Crippen LogP) is 5.30. The van der Waals surface area contributed by atoms with Gasteiger partial charge in [-0.05, 0) is 24.8 Å². The summed E-state index contributed by atoms with van der Waals surface area (Å²) in [5, 5.41) is 1.05. The number of halogens is 1. The fourth-order valence-electron chi connectivity index (χ4n) is 2.82. The minimum atomic E-state index is -0.885. The second kappa shape index (κ2) is 9.21. The van der Waals surface area contributed by atoms with Gasteiger partial charge in [-0.15, -0.1) is 0 Å². The Labute approximate surface area is 148 Å². The number of rotatable bonds is 9. The molecule has 0 aliphatic heterocycles. The lowest BCUT2D eigenvalue weighted by atomic mass is 9.90. The fourth-order valence-corrected chi connectivity index (χ4v) is 3.22. The van der Waals surface area contributed by atoms with Gasteiger partial charge in [-0.1, -0.05) is 76.9 Å². The van der Waals surface area contributed by atoms with Crippen LogP contribution in [0.3, 0.4) is 0 Å². The molecule has 0 saturated carbocycles. The molecule has 0 amide bonds. The summed E-state index contributed by atoms with van der Waals surface area (Å²) in [4.78, 5) is 0. The zero-order chi connectivity index (χ0) is 16.5. The summed E-state index contributed by atoms with van der Waals surface area (Å²) in [6, 6.07) is 18.4. The fraction of sp³-hybridized carbons (Fsp3) is 0.350. The van der Waals surface area contributed by atoms with Crippen molar-refractivity contribution in [2.24, 2.45) is 0 Å². The topological polar surface area (TPSA) is 18.5 Å². The van der Waals surface area contributed by atoms with Gasteiger partial charge >= 0.3 is 0 Å². The van der Waals surface area contributed by atoms with E-state index in [4.69, 9.17) is 9.47 Å². The number of methoxy groups -OCH3 is 2. The Morgan fingerprint density at radius 2 is 1.57 bits per heavy atom. The molecule has 23 heavy (non-hydrogen) atoms. The van der Waals surface area contributed by atoms with Gasteiger partial charge in [-0.3, -0.25) is 0 Å². The molecule has 0 unspecified atom stereocenters. The second-order valence-electron chi connectivity index (χ2n) is 5.37. The summed E-state index contributed by atoms with van der Waals surface area (Å²) < 4.78 is 11.8. The van der Waals surface area contributed by atoms with E-state index < -0.39 is 5.79 Å². The highest BCUT2D eigenvalue weighted by atomic mass is 79.9. The van der Waals surface area contributed by atoms with Gasteiger partial charge in [-0.25, -0.2) is 0 Å². The first-order valence-electron chi connectivity index (χ1n) is 7.93. The maximum absolute atomic E-state index is 5.88. The number of benzene rings is 2. The molecule has 2 aromatic carbocycles. The van der Waals surface area contributed by atoms with Crippen LogP contribution in [0.15, 0.2) is 54.6 Å². The lowest BCUT2D eigenvalue weighted by molar-refractivity contribution is -0.184. The van der Waals surface area contributed by atoms with Gasteiger partial charge in [0.05, 0.1) is 0 Å². The van der Waals surface area contributed by atoms with Crippen molar-refractivity contribution in [3.63, 3.8) is 0 Å². The van der Waals surface area contributed by atoms with Gasteiger partial charge < -0.3 is 9.47 Å². The molecule has 2 aromatic rings. The molecule has 1 radical (unpaired) electrons. The summed E-state index contributed by atoms with van der Waals surface area (Å²) in [5.41, 5.74) is 3.19. The van der Waals surface area contributed by atoms with E-state index in [-0.39, 0.29) is 0 Å². The second-order valence-corrected chi connectivity index (χ2v) is 6.16. The Hall–Kier alpha value is -1.16. The smallest absolute Gasteiger partial charge is 0.222 e. The van der Waals surface area contributed by atoms with Gasteiger partial charge in [0.25, 0.3) is 0 Å². The highest BCUT2D eigenvalue weighted by Crippen LogP contribution is 2.36. The van der Waals surface area contributed by atoms with Gasteiger partial charge in [0, 0.05) is 30.7 Å². The molecule has 3 heteroatoms. The van der Waals surface area contributed by atoms with Gasteiger partial charge in [0.2, 0.25) is 5.79 Å². The molecule has 0 aliphatic carbocycles. The minimum absolute atomic E-state index is 0.885. The molecular weight excluding hydrogens is 352 g/mol. The number of hydrogen-bond acceptors (Lipinski definition) is 2. The standard InChI is InChI=1S/C20H24BrO2/c1-22-20(23-2,18-13-6-3-7-14-18)19-15-9-8-12-17(19)11-5-4-10-16-21/h3,6-9,11-15H,4-5,10,16H2,1-2H3. The average molecular weight is 376 g/mol. The van der Waals surface area contributed by atoms with E-state index >= 15 is 0 Å². The number of unbranched alkanes of at least 4 members (excludes halogenated alkanes) is 2. The molecule has 0 N–H and O–H groups in total. The summed E-state index contributed by atoms with van der Waals surface area (Å²) in [7, 11) is 3.39. The van der Waals surface area contributed by atoms with Crippen molar-refractivity contribution in [2.75, 3.05) is 19.5 Å². The third-order valence-corrected chi connectivity index (χ3v) is 4.56. The van der Waals surface area contributed by atoms with Crippen LogP contribution in [0.2, 0.25) is 0 Å². The molecule has 2 rings (SSSR count). The van der Waals surface area contributed by atoms with Crippen molar-refractivity contribution in [3.8, 4) is 0 Å². The first kappa shape index (κ1) is 18.2. The Morgan fingerprint density at radius 1 is 0.913 bits per heavy atom. The van der Waals surface area contributed by atoms with Gasteiger partial charge in [0.15, 0.2) is 0 Å². The summed E-state index contributed by atoms with van der Waals surface area (Å²) in [5.74, 6) is -0.885. The van der Waals surface area contributed by atoms with Crippen LogP contribution in [0.25, 0.3) is 0 Å². The lowest BCUT2D eigenvalue weighted by Crippen LogP contribution is -2.33. The van der Waals surface area contributed by atoms with Crippen molar-refractivity contribution in [1.82, 2.24) is 0 Å². The zero-order valence-electron chi connectivity index (χ0n) is 13.8. The van der Waals surface area contributed by atoms with E-state index in [0.29, 0.717) is 0 Å². The summed E-state index contributed by atoms with van der Waals surface area (Å²) in [6.07, 6.45) is 5.66. The monoisotopic (exact) mass is 375 g/mol. The number of alkyl halides is 1. The molecule has 0 spiro atoms. The van der Waals surface area contributed by atoms with Crippen LogP contribution in [0.1, 0.15) is 36.0 Å². The molecule has 0 fully saturated rings. The van der Waals surface area contributed by atoms with E-state index in [0.717, 1.165) is 34.9 Å². The van der Waals surface area contributed by atoms with Gasteiger partial charge in [-0.2, -0.15) is 0 Å². The Morgan fingerprint density at radius 3 is 2.22 bits per heavy atom. The van der Waals surface area contributed by atoms with Crippen molar-refractivity contribution in [2.45, 2.75) is 25.0 Å².